The minimum absolute atomic E-state index is 0.0420. The van der Waals surface area contributed by atoms with Gasteiger partial charge in [0, 0.05) is 67.3 Å². The van der Waals surface area contributed by atoms with Gasteiger partial charge in [-0.3, -0.25) is 9.78 Å². The number of benzene rings is 1. The molecule has 1 aliphatic heterocycles. The van der Waals surface area contributed by atoms with Crippen LogP contribution in [-0.2, 0) is 0 Å². The number of aromatic hydroxyl groups is 1. The van der Waals surface area contributed by atoms with E-state index < -0.39 is 0 Å². The van der Waals surface area contributed by atoms with Crippen molar-refractivity contribution in [3.05, 3.63) is 54.5 Å². The van der Waals surface area contributed by atoms with Crippen LogP contribution in [0.25, 0.3) is 10.8 Å². The first kappa shape index (κ1) is 19.0. The monoisotopic (exact) mass is 404 g/mol. The number of piperazine rings is 1. The van der Waals surface area contributed by atoms with E-state index in [0.717, 1.165) is 42.4 Å². The largest absolute Gasteiger partial charge is 0.494 e. The van der Waals surface area contributed by atoms with E-state index >= 15 is 0 Å². The van der Waals surface area contributed by atoms with Gasteiger partial charge in [0.2, 0.25) is 0 Å². The molecule has 0 radical (unpaired) electrons. The molecular formula is C24H28N4O2. The van der Waals surface area contributed by atoms with Gasteiger partial charge in [-0.05, 0) is 37.1 Å². The summed E-state index contributed by atoms with van der Waals surface area (Å²) in [6.07, 6.45) is 11.5. The summed E-state index contributed by atoms with van der Waals surface area (Å²) < 4.78 is 2.08. The molecule has 30 heavy (non-hydrogen) atoms. The standard InChI is InChI=1S/C24H28N4O2/c29-23(18-5-4-10-25-16-18)27-13-11-26(12-14-27)21-9-8-19-17-28(24(30)22(19)15-21)20-6-2-1-3-7-20/h4-5,8-10,15-17,20,30H,1-3,6-7,11-14H2. The molecule has 0 spiro atoms. The molecule has 0 atom stereocenters. The lowest BCUT2D eigenvalue weighted by Gasteiger charge is -2.36. The van der Waals surface area contributed by atoms with Crippen LogP contribution in [0.3, 0.4) is 0 Å². The summed E-state index contributed by atoms with van der Waals surface area (Å²) in [6, 6.07) is 10.4. The van der Waals surface area contributed by atoms with Gasteiger partial charge in [0.15, 0.2) is 5.88 Å². The minimum Gasteiger partial charge on any atom is -0.494 e. The van der Waals surface area contributed by atoms with Gasteiger partial charge < -0.3 is 19.5 Å². The van der Waals surface area contributed by atoms with Crippen LogP contribution in [0.15, 0.2) is 48.9 Å². The predicted molar refractivity (Wildman–Crippen MR) is 118 cm³/mol. The fraction of sp³-hybridized carbons (Fsp3) is 0.417. The highest BCUT2D eigenvalue weighted by Gasteiger charge is 2.24. The summed E-state index contributed by atoms with van der Waals surface area (Å²) in [5.74, 6) is 0.435. The fourth-order valence-electron chi connectivity index (χ4n) is 4.87. The molecule has 0 unspecified atom stereocenters. The second-order valence-corrected chi connectivity index (χ2v) is 8.44. The summed E-state index contributed by atoms with van der Waals surface area (Å²) in [5.41, 5.74) is 1.74. The Balaban J connectivity index is 1.31. The van der Waals surface area contributed by atoms with Crippen molar-refractivity contribution in [3.8, 4) is 5.88 Å². The van der Waals surface area contributed by atoms with Gasteiger partial charge in [0.25, 0.3) is 5.91 Å². The van der Waals surface area contributed by atoms with E-state index in [0.29, 0.717) is 30.6 Å². The van der Waals surface area contributed by atoms with Crippen LogP contribution in [0.2, 0.25) is 0 Å². The fourth-order valence-corrected chi connectivity index (χ4v) is 4.87. The summed E-state index contributed by atoms with van der Waals surface area (Å²) in [7, 11) is 0. The Morgan fingerprint density at radius 2 is 1.83 bits per heavy atom. The van der Waals surface area contributed by atoms with Crippen LogP contribution in [0.1, 0.15) is 48.5 Å². The SMILES string of the molecule is O=C(c1cccnc1)N1CCN(c2ccc3cn(C4CCCCC4)c(O)c3c2)CC1. The maximum Gasteiger partial charge on any atom is 0.255 e. The summed E-state index contributed by atoms with van der Waals surface area (Å²) in [5, 5.41) is 12.9. The Morgan fingerprint density at radius 3 is 2.57 bits per heavy atom. The number of hydrogen-bond acceptors (Lipinski definition) is 4. The molecule has 1 N–H and O–H groups in total. The number of fused-ring (bicyclic) bond motifs is 1. The van der Waals surface area contributed by atoms with Gasteiger partial charge in [-0.1, -0.05) is 25.3 Å². The Hall–Kier alpha value is -3.02. The van der Waals surface area contributed by atoms with Crippen molar-refractivity contribution in [1.82, 2.24) is 14.5 Å². The summed E-state index contributed by atoms with van der Waals surface area (Å²) in [6.45, 7) is 2.92. The molecule has 1 saturated heterocycles. The Kier molecular flexibility index (Phi) is 5.07. The lowest BCUT2D eigenvalue weighted by molar-refractivity contribution is 0.0746. The topological polar surface area (TPSA) is 61.6 Å². The number of aromatic nitrogens is 2. The third-order valence-corrected chi connectivity index (χ3v) is 6.61. The van der Waals surface area contributed by atoms with Crippen LogP contribution in [0.4, 0.5) is 5.69 Å². The quantitative estimate of drug-likeness (QED) is 0.710. The third-order valence-electron chi connectivity index (χ3n) is 6.61. The summed E-state index contributed by atoms with van der Waals surface area (Å²) >= 11 is 0. The molecule has 156 valence electrons. The van der Waals surface area contributed by atoms with E-state index in [4.69, 9.17) is 0 Å². The van der Waals surface area contributed by atoms with E-state index in [2.05, 4.69) is 38.8 Å². The van der Waals surface area contributed by atoms with Crippen LogP contribution < -0.4 is 4.90 Å². The number of carbonyl (C=O) groups is 1. The zero-order chi connectivity index (χ0) is 20.5. The van der Waals surface area contributed by atoms with Crippen molar-refractivity contribution in [1.29, 1.82) is 0 Å². The van der Waals surface area contributed by atoms with Gasteiger partial charge in [-0.15, -0.1) is 0 Å². The maximum atomic E-state index is 12.6. The van der Waals surface area contributed by atoms with Crippen molar-refractivity contribution < 1.29 is 9.90 Å². The Morgan fingerprint density at radius 1 is 1.03 bits per heavy atom. The van der Waals surface area contributed by atoms with E-state index in [9.17, 15) is 9.90 Å². The second kappa shape index (κ2) is 8.01. The first-order chi connectivity index (χ1) is 14.7. The van der Waals surface area contributed by atoms with Crippen molar-refractivity contribution >= 4 is 22.4 Å². The Labute approximate surface area is 176 Å². The van der Waals surface area contributed by atoms with Crippen LogP contribution in [-0.4, -0.2) is 51.6 Å². The zero-order valence-corrected chi connectivity index (χ0v) is 17.2. The molecule has 3 aromatic rings. The van der Waals surface area contributed by atoms with Crippen LogP contribution in [0.5, 0.6) is 5.88 Å². The van der Waals surface area contributed by atoms with E-state index in [1.807, 2.05) is 11.0 Å². The normalized spacial score (nSPS) is 18.1. The number of anilines is 1. The highest BCUT2D eigenvalue weighted by Crippen LogP contribution is 2.37. The van der Waals surface area contributed by atoms with E-state index in [-0.39, 0.29) is 5.91 Å². The molecule has 1 aliphatic carbocycles. The van der Waals surface area contributed by atoms with Crippen molar-refractivity contribution in [2.45, 2.75) is 38.1 Å². The van der Waals surface area contributed by atoms with Gasteiger partial charge in [-0.25, -0.2) is 0 Å². The first-order valence-corrected chi connectivity index (χ1v) is 11.0. The number of hydrogen-bond donors (Lipinski definition) is 1. The van der Waals surface area contributed by atoms with Gasteiger partial charge in [-0.2, -0.15) is 0 Å². The van der Waals surface area contributed by atoms with Gasteiger partial charge in [0.1, 0.15) is 0 Å². The molecule has 6 heteroatoms. The molecular weight excluding hydrogens is 376 g/mol. The Bertz CT molecular complexity index is 1030. The number of nitrogens with zero attached hydrogens (tertiary/aromatic N) is 4. The average Bonchev–Trinajstić information content (AvgIpc) is 3.16. The second-order valence-electron chi connectivity index (χ2n) is 8.44. The zero-order valence-electron chi connectivity index (χ0n) is 17.2. The molecule has 5 rings (SSSR count). The average molecular weight is 405 g/mol. The highest BCUT2D eigenvalue weighted by atomic mass is 16.3. The highest BCUT2D eigenvalue weighted by molar-refractivity contribution is 5.94. The molecule has 2 aliphatic rings. The van der Waals surface area contributed by atoms with E-state index in [1.165, 1.54) is 19.3 Å². The maximum absolute atomic E-state index is 12.6. The van der Waals surface area contributed by atoms with E-state index in [1.54, 1.807) is 18.5 Å². The van der Waals surface area contributed by atoms with Gasteiger partial charge >= 0.3 is 0 Å². The minimum atomic E-state index is 0.0420. The van der Waals surface area contributed by atoms with Gasteiger partial charge in [0.05, 0.1) is 5.56 Å². The first-order valence-electron chi connectivity index (χ1n) is 11.0. The molecule has 3 heterocycles. The van der Waals surface area contributed by atoms with Crippen LogP contribution in [0, 0.1) is 0 Å². The predicted octanol–water partition coefficient (Wildman–Crippen LogP) is 4.21. The third kappa shape index (κ3) is 3.51. The lowest BCUT2D eigenvalue weighted by atomic mass is 9.95. The molecule has 6 nitrogen and oxygen atoms in total. The number of amides is 1. The molecule has 1 amide bonds. The number of carbonyl (C=O) groups excluding carboxylic acids is 1. The molecule has 1 saturated carbocycles. The number of rotatable bonds is 3. The van der Waals surface area contributed by atoms with Crippen molar-refractivity contribution in [3.63, 3.8) is 0 Å². The molecule has 2 fully saturated rings. The number of pyridine rings is 1. The van der Waals surface area contributed by atoms with Crippen molar-refractivity contribution in [2.75, 3.05) is 31.1 Å². The smallest absolute Gasteiger partial charge is 0.255 e. The van der Waals surface area contributed by atoms with Crippen LogP contribution >= 0.6 is 0 Å². The molecule has 0 bridgehead atoms. The molecule has 1 aromatic carbocycles. The molecule has 2 aromatic heterocycles. The summed E-state index contributed by atoms with van der Waals surface area (Å²) in [4.78, 5) is 20.9. The van der Waals surface area contributed by atoms with Crippen molar-refractivity contribution in [2.24, 2.45) is 0 Å². The lowest BCUT2D eigenvalue weighted by Crippen LogP contribution is -2.48.